The molecule has 0 atom stereocenters. The first kappa shape index (κ1) is 15.9. The molecule has 122 valence electrons. The van der Waals surface area contributed by atoms with Crippen molar-refractivity contribution in [2.75, 3.05) is 0 Å². The van der Waals surface area contributed by atoms with E-state index in [4.69, 9.17) is 27.9 Å². The fourth-order valence-corrected chi connectivity index (χ4v) is 3.32. The van der Waals surface area contributed by atoms with Crippen LogP contribution in [0.15, 0.2) is 60.7 Å². The highest BCUT2D eigenvalue weighted by Gasteiger charge is 2.32. The average Bonchev–Trinajstić information content (AvgIpc) is 2.62. The number of fused-ring (bicyclic) bond motifs is 2. The van der Waals surface area contributed by atoms with Crippen LogP contribution in [0, 0.1) is 0 Å². The summed E-state index contributed by atoms with van der Waals surface area (Å²) < 4.78 is 5.83. The number of hydrogen-bond donors (Lipinski definition) is 0. The molecule has 0 N–H and O–H groups in total. The van der Waals surface area contributed by atoms with Crippen LogP contribution in [0.1, 0.15) is 31.8 Å². The largest absolute Gasteiger partial charge is 0.455 e. The quantitative estimate of drug-likeness (QED) is 0.465. The van der Waals surface area contributed by atoms with Crippen molar-refractivity contribution in [3.8, 4) is 11.5 Å². The van der Waals surface area contributed by atoms with Gasteiger partial charge in [-0.2, -0.15) is 0 Å². The molecule has 1 aliphatic carbocycles. The molecule has 0 heterocycles. The number of carbonyl (C=O) groups excluding carboxylic acids is 2. The lowest BCUT2D eigenvalue weighted by Crippen LogP contribution is -2.21. The first-order chi connectivity index (χ1) is 12.1. The Labute approximate surface area is 153 Å². The Morgan fingerprint density at radius 2 is 1.36 bits per heavy atom. The normalized spacial score (nSPS) is 12.6. The summed E-state index contributed by atoms with van der Waals surface area (Å²) >= 11 is 12.0. The standard InChI is InChI=1S/C20H10Cl2O3/c21-11-8-9-16(15(22)10-11)25-17-7-3-6-14-18(17)20(24)13-5-2-1-4-12(13)19(14)23/h1-10H. The second-order valence-electron chi connectivity index (χ2n) is 5.56. The van der Waals surface area contributed by atoms with Crippen LogP contribution in [0.2, 0.25) is 10.0 Å². The molecule has 0 unspecified atom stereocenters. The lowest BCUT2D eigenvalue weighted by atomic mass is 9.83. The van der Waals surface area contributed by atoms with E-state index in [1.807, 2.05) is 0 Å². The van der Waals surface area contributed by atoms with Crippen molar-refractivity contribution in [1.82, 2.24) is 0 Å². The molecule has 0 bridgehead atoms. The Balaban J connectivity index is 1.85. The predicted molar refractivity (Wildman–Crippen MR) is 96.3 cm³/mol. The highest BCUT2D eigenvalue weighted by atomic mass is 35.5. The summed E-state index contributed by atoms with van der Waals surface area (Å²) in [6.45, 7) is 0. The Kier molecular flexibility index (Phi) is 3.83. The summed E-state index contributed by atoms with van der Waals surface area (Å²) in [5.74, 6) is 0.205. The van der Waals surface area contributed by atoms with Crippen LogP contribution < -0.4 is 4.74 Å². The third-order valence-corrected chi connectivity index (χ3v) is 4.56. The summed E-state index contributed by atoms with van der Waals surface area (Å²) in [4.78, 5) is 25.6. The number of benzene rings is 3. The van der Waals surface area contributed by atoms with Crippen molar-refractivity contribution in [1.29, 1.82) is 0 Å². The maximum atomic E-state index is 12.9. The molecule has 0 aromatic heterocycles. The van der Waals surface area contributed by atoms with Gasteiger partial charge in [-0.3, -0.25) is 9.59 Å². The summed E-state index contributed by atoms with van der Waals surface area (Å²) in [7, 11) is 0. The van der Waals surface area contributed by atoms with Crippen molar-refractivity contribution in [2.45, 2.75) is 0 Å². The molecule has 3 nitrogen and oxygen atoms in total. The van der Waals surface area contributed by atoms with E-state index < -0.39 is 0 Å². The third kappa shape index (κ3) is 2.62. The number of rotatable bonds is 2. The minimum atomic E-state index is -0.245. The lowest BCUT2D eigenvalue weighted by Gasteiger charge is -2.20. The van der Waals surface area contributed by atoms with Gasteiger partial charge < -0.3 is 4.74 Å². The fourth-order valence-electron chi connectivity index (χ4n) is 2.87. The Bertz CT molecular complexity index is 1040. The first-order valence-electron chi connectivity index (χ1n) is 7.50. The van der Waals surface area contributed by atoms with Crippen LogP contribution in [0.5, 0.6) is 11.5 Å². The van der Waals surface area contributed by atoms with Gasteiger partial charge in [0.25, 0.3) is 0 Å². The molecule has 25 heavy (non-hydrogen) atoms. The molecular weight excluding hydrogens is 359 g/mol. The van der Waals surface area contributed by atoms with Crippen LogP contribution in [0.4, 0.5) is 0 Å². The number of hydrogen-bond acceptors (Lipinski definition) is 3. The second-order valence-corrected chi connectivity index (χ2v) is 6.40. The van der Waals surface area contributed by atoms with E-state index in [0.717, 1.165) is 0 Å². The molecular formula is C20H10Cl2O3. The fraction of sp³-hybridized carbons (Fsp3) is 0. The van der Waals surface area contributed by atoms with Crippen molar-refractivity contribution in [3.05, 3.63) is 93.0 Å². The van der Waals surface area contributed by atoms with Gasteiger partial charge >= 0.3 is 0 Å². The summed E-state index contributed by atoms with van der Waals surface area (Å²) in [5.41, 5.74) is 1.35. The minimum Gasteiger partial charge on any atom is -0.455 e. The second kappa shape index (κ2) is 6.03. The van der Waals surface area contributed by atoms with Crippen molar-refractivity contribution in [3.63, 3.8) is 0 Å². The van der Waals surface area contributed by atoms with Gasteiger partial charge in [-0.25, -0.2) is 0 Å². The zero-order chi connectivity index (χ0) is 17.6. The Hall–Kier alpha value is -2.62. The van der Waals surface area contributed by atoms with Gasteiger partial charge in [-0.15, -0.1) is 0 Å². The number of halogens is 2. The van der Waals surface area contributed by atoms with E-state index in [-0.39, 0.29) is 22.9 Å². The SMILES string of the molecule is O=C1c2ccccc2C(=O)c2c(Oc3ccc(Cl)cc3Cl)cccc21. The highest BCUT2D eigenvalue weighted by Crippen LogP contribution is 2.37. The molecule has 0 radical (unpaired) electrons. The van der Waals surface area contributed by atoms with Crippen LogP contribution in [0.3, 0.4) is 0 Å². The van der Waals surface area contributed by atoms with E-state index >= 15 is 0 Å². The minimum absolute atomic E-state index is 0.196. The molecule has 1 aliphatic rings. The molecule has 0 amide bonds. The van der Waals surface area contributed by atoms with Crippen molar-refractivity contribution >= 4 is 34.8 Å². The highest BCUT2D eigenvalue weighted by molar-refractivity contribution is 6.35. The molecule has 0 saturated carbocycles. The monoisotopic (exact) mass is 368 g/mol. The molecule has 4 rings (SSSR count). The maximum absolute atomic E-state index is 12.9. The van der Waals surface area contributed by atoms with Gasteiger partial charge in [-0.05, 0) is 24.3 Å². The van der Waals surface area contributed by atoms with Crippen molar-refractivity contribution < 1.29 is 14.3 Å². The molecule has 5 heteroatoms. The zero-order valence-electron chi connectivity index (χ0n) is 12.8. The molecule has 0 saturated heterocycles. The van der Waals surface area contributed by atoms with Gasteiger partial charge in [0.2, 0.25) is 0 Å². The molecule has 0 aliphatic heterocycles. The van der Waals surface area contributed by atoms with E-state index in [1.165, 1.54) is 0 Å². The van der Waals surface area contributed by atoms with Crippen LogP contribution >= 0.6 is 23.2 Å². The first-order valence-corrected chi connectivity index (χ1v) is 8.26. The van der Waals surface area contributed by atoms with E-state index in [1.54, 1.807) is 60.7 Å². The van der Waals surface area contributed by atoms with Crippen LogP contribution in [-0.4, -0.2) is 11.6 Å². The molecule has 3 aromatic rings. The van der Waals surface area contributed by atoms with E-state index in [9.17, 15) is 9.59 Å². The predicted octanol–water partition coefficient (Wildman–Crippen LogP) is 5.56. The van der Waals surface area contributed by atoms with E-state index in [2.05, 4.69) is 0 Å². The summed E-state index contributed by atoms with van der Waals surface area (Å²) in [6.07, 6.45) is 0. The van der Waals surface area contributed by atoms with Crippen LogP contribution in [0.25, 0.3) is 0 Å². The third-order valence-electron chi connectivity index (χ3n) is 4.03. The van der Waals surface area contributed by atoms with Gasteiger partial charge in [-0.1, -0.05) is 59.6 Å². The van der Waals surface area contributed by atoms with Gasteiger partial charge in [0.1, 0.15) is 11.5 Å². The van der Waals surface area contributed by atoms with Gasteiger partial charge in [0, 0.05) is 21.7 Å². The number of ketones is 2. The summed E-state index contributed by atoms with van der Waals surface area (Å²) in [5, 5.41) is 0.799. The van der Waals surface area contributed by atoms with Gasteiger partial charge in [0.05, 0.1) is 10.6 Å². The maximum Gasteiger partial charge on any atom is 0.198 e. The smallest absolute Gasteiger partial charge is 0.198 e. The van der Waals surface area contributed by atoms with Crippen LogP contribution in [-0.2, 0) is 0 Å². The summed E-state index contributed by atoms with van der Waals surface area (Å²) in [6, 6.07) is 16.5. The van der Waals surface area contributed by atoms with Crippen molar-refractivity contribution in [2.24, 2.45) is 0 Å². The topological polar surface area (TPSA) is 43.4 Å². The Morgan fingerprint density at radius 3 is 2.08 bits per heavy atom. The number of ether oxygens (including phenoxy) is 1. The molecule has 0 spiro atoms. The molecule has 0 fully saturated rings. The van der Waals surface area contributed by atoms with E-state index in [0.29, 0.717) is 32.5 Å². The average molecular weight is 369 g/mol. The van der Waals surface area contributed by atoms with Gasteiger partial charge in [0.15, 0.2) is 11.6 Å². The molecule has 3 aromatic carbocycles. The lowest BCUT2D eigenvalue weighted by molar-refractivity contribution is 0.0977. The Morgan fingerprint density at radius 1 is 0.680 bits per heavy atom. The zero-order valence-corrected chi connectivity index (χ0v) is 14.3. The number of carbonyl (C=O) groups is 2.